The van der Waals surface area contributed by atoms with Gasteiger partial charge in [-0.25, -0.2) is 0 Å². The third-order valence-corrected chi connectivity index (χ3v) is 4.91. The summed E-state index contributed by atoms with van der Waals surface area (Å²) >= 11 is 0. The molecule has 0 saturated carbocycles. The van der Waals surface area contributed by atoms with E-state index in [1.807, 2.05) is 11.8 Å². The van der Waals surface area contributed by atoms with Crippen LogP contribution in [0, 0.1) is 11.8 Å². The minimum absolute atomic E-state index is 0.137. The van der Waals surface area contributed by atoms with Crippen LogP contribution in [0.15, 0.2) is 24.3 Å². The Morgan fingerprint density at radius 2 is 2.05 bits per heavy atom. The molecule has 3 rings (SSSR count). The van der Waals surface area contributed by atoms with Crippen LogP contribution in [0.25, 0.3) is 0 Å². The van der Waals surface area contributed by atoms with Gasteiger partial charge in [0.15, 0.2) is 0 Å². The van der Waals surface area contributed by atoms with Gasteiger partial charge >= 0.3 is 0 Å². The van der Waals surface area contributed by atoms with Crippen molar-refractivity contribution in [1.82, 2.24) is 4.90 Å². The number of aliphatic hydroxyl groups excluding tert-OH is 1. The standard InChI is InChI=1S/C17H23NO2/c1-12(19)16-8-9-18(11-16)17(20)15-7-6-13-4-2-3-5-14(13)10-15/h2-5,12,15-16,19H,6-11H2,1H3. The molecule has 20 heavy (non-hydrogen) atoms. The fourth-order valence-corrected chi connectivity index (χ4v) is 3.55. The van der Waals surface area contributed by atoms with Crippen molar-refractivity contribution in [3.63, 3.8) is 0 Å². The summed E-state index contributed by atoms with van der Waals surface area (Å²) in [4.78, 5) is 14.6. The van der Waals surface area contributed by atoms with Crippen LogP contribution in [0.1, 0.15) is 30.9 Å². The van der Waals surface area contributed by atoms with Gasteiger partial charge in [-0.3, -0.25) is 4.79 Å². The first kappa shape index (κ1) is 13.6. The quantitative estimate of drug-likeness (QED) is 0.895. The van der Waals surface area contributed by atoms with Crippen molar-refractivity contribution in [2.24, 2.45) is 11.8 Å². The van der Waals surface area contributed by atoms with Crippen LogP contribution in [0.2, 0.25) is 0 Å². The fraction of sp³-hybridized carbons (Fsp3) is 0.588. The summed E-state index contributed by atoms with van der Waals surface area (Å²) in [7, 11) is 0. The van der Waals surface area contributed by atoms with E-state index in [4.69, 9.17) is 0 Å². The molecule has 1 heterocycles. The molecule has 1 aromatic carbocycles. The number of nitrogens with zero attached hydrogens (tertiary/aromatic N) is 1. The summed E-state index contributed by atoms with van der Waals surface area (Å²) in [6.45, 7) is 3.37. The molecule has 0 spiro atoms. The Morgan fingerprint density at radius 1 is 1.30 bits per heavy atom. The molecule has 3 unspecified atom stereocenters. The van der Waals surface area contributed by atoms with E-state index in [1.165, 1.54) is 11.1 Å². The Kier molecular flexibility index (Phi) is 3.79. The third-order valence-electron chi connectivity index (χ3n) is 4.91. The summed E-state index contributed by atoms with van der Waals surface area (Å²) < 4.78 is 0. The van der Waals surface area contributed by atoms with Crippen LogP contribution < -0.4 is 0 Å². The first-order valence-corrected chi connectivity index (χ1v) is 7.69. The first-order valence-electron chi connectivity index (χ1n) is 7.69. The predicted molar refractivity (Wildman–Crippen MR) is 78.3 cm³/mol. The average molecular weight is 273 g/mol. The van der Waals surface area contributed by atoms with Crippen molar-refractivity contribution in [3.05, 3.63) is 35.4 Å². The minimum Gasteiger partial charge on any atom is -0.393 e. The monoisotopic (exact) mass is 273 g/mol. The number of hydrogen-bond acceptors (Lipinski definition) is 2. The van der Waals surface area contributed by atoms with E-state index in [1.54, 1.807) is 0 Å². The number of rotatable bonds is 2. The van der Waals surface area contributed by atoms with Gasteiger partial charge in [-0.15, -0.1) is 0 Å². The normalized spacial score (nSPS) is 27.2. The lowest BCUT2D eigenvalue weighted by Gasteiger charge is -2.28. The van der Waals surface area contributed by atoms with Crippen LogP contribution in [0.3, 0.4) is 0 Å². The molecule has 3 atom stereocenters. The van der Waals surface area contributed by atoms with Gasteiger partial charge in [-0.2, -0.15) is 0 Å². The molecule has 1 N–H and O–H groups in total. The van der Waals surface area contributed by atoms with E-state index in [-0.39, 0.29) is 17.9 Å². The molecule has 3 heteroatoms. The van der Waals surface area contributed by atoms with E-state index in [2.05, 4.69) is 24.3 Å². The molecule has 1 aliphatic carbocycles. The molecule has 2 aliphatic rings. The van der Waals surface area contributed by atoms with Crippen LogP contribution in [-0.2, 0) is 17.6 Å². The second-order valence-corrected chi connectivity index (χ2v) is 6.28. The zero-order chi connectivity index (χ0) is 14.1. The maximum Gasteiger partial charge on any atom is 0.226 e. The van der Waals surface area contributed by atoms with Crippen molar-refractivity contribution in [2.75, 3.05) is 13.1 Å². The number of carbonyl (C=O) groups is 1. The zero-order valence-corrected chi connectivity index (χ0v) is 12.1. The number of carbonyl (C=O) groups excluding carboxylic acids is 1. The molecular weight excluding hydrogens is 250 g/mol. The molecule has 0 radical (unpaired) electrons. The Labute approximate surface area is 120 Å². The SMILES string of the molecule is CC(O)C1CCN(C(=O)C2CCc3ccccc3C2)C1. The van der Waals surface area contributed by atoms with Crippen LogP contribution >= 0.6 is 0 Å². The molecule has 3 nitrogen and oxygen atoms in total. The first-order chi connectivity index (χ1) is 9.65. The number of hydrogen-bond donors (Lipinski definition) is 1. The summed E-state index contributed by atoms with van der Waals surface area (Å²) in [6.07, 6.45) is 3.49. The molecule has 0 aromatic heterocycles. The summed E-state index contributed by atoms with van der Waals surface area (Å²) in [6, 6.07) is 8.46. The Morgan fingerprint density at radius 3 is 2.75 bits per heavy atom. The van der Waals surface area contributed by atoms with E-state index < -0.39 is 0 Å². The van der Waals surface area contributed by atoms with Crippen LogP contribution in [0.5, 0.6) is 0 Å². The number of aliphatic hydroxyl groups is 1. The predicted octanol–water partition coefficient (Wildman–Crippen LogP) is 2.02. The summed E-state index contributed by atoms with van der Waals surface area (Å²) in [5, 5.41) is 9.65. The third kappa shape index (κ3) is 2.59. The van der Waals surface area contributed by atoms with Crippen LogP contribution in [0.4, 0.5) is 0 Å². The molecule has 1 amide bonds. The lowest BCUT2D eigenvalue weighted by molar-refractivity contribution is -0.135. The van der Waals surface area contributed by atoms with Crippen molar-refractivity contribution in [3.8, 4) is 0 Å². The highest BCUT2D eigenvalue weighted by molar-refractivity contribution is 5.79. The highest BCUT2D eigenvalue weighted by Crippen LogP contribution is 2.29. The zero-order valence-electron chi connectivity index (χ0n) is 12.1. The van der Waals surface area contributed by atoms with Gasteiger partial charge in [0, 0.05) is 24.9 Å². The van der Waals surface area contributed by atoms with E-state index >= 15 is 0 Å². The number of fused-ring (bicyclic) bond motifs is 1. The molecule has 108 valence electrons. The van der Waals surface area contributed by atoms with Crippen molar-refractivity contribution >= 4 is 5.91 Å². The maximum absolute atomic E-state index is 12.6. The van der Waals surface area contributed by atoms with Crippen LogP contribution in [-0.4, -0.2) is 35.1 Å². The van der Waals surface area contributed by atoms with E-state index in [0.29, 0.717) is 5.91 Å². The van der Waals surface area contributed by atoms with Gasteiger partial charge in [-0.05, 0) is 43.7 Å². The van der Waals surface area contributed by atoms with Gasteiger partial charge in [0.2, 0.25) is 5.91 Å². The topological polar surface area (TPSA) is 40.5 Å². The second kappa shape index (κ2) is 5.57. The minimum atomic E-state index is -0.306. The maximum atomic E-state index is 12.6. The van der Waals surface area contributed by atoms with Gasteiger partial charge in [0.05, 0.1) is 6.10 Å². The van der Waals surface area contributed by atoms with Gasteiger partial charge in [0.25, 0.3) is 0 Å². The Balaban J connectivity index is 1.65. The number of amides is 1. The lowest BCUT2D eigenvalue weighted by atomic mass is 9.83. The largest absolute Gasteiger partial charge is 0.393 e. The molecule has 1 aliphatic heterocycles. The number of aryl methyl sites for hydroxylation is 1. The highest BCUT2D eigenvalue weighted by Gasteiger charge is 2.33. The smallest absolute Gasteiger partial charge is 0.226 e. The molecule has 1 aromatic rings. The van der Waals surface area contributed by atoms with E-state index in [9.17, 15) is 9.90 Å². The molecular formula is C17H23NO2. The molecule has 1 fully saturated rings. The van der Waals surface area contributed by atoms with Gasteiger partial charge in [0.1, 0.15) is 0 Å². The van der Waals surface area contributed by atoms with Crippen molar-refractivity contribution in [2.45, 2.75) is 38.7 Å². The summed E-state index contributed by atoms with van der Waals surface area (Å²) in [5.74, 6) is 0.690. The van der Waals surface area contributed by atoms with Crippen molar-refractivity contribution in [1.29, 1.82) is 0 Å². The summed E-state index contributed by atoms with van der Waals surface area (Å²) in [5.41, 5.74) is 2.74. The fourth-order valence-electron chi connectivity index (χ4n) is 3.55. The Bertz CT molecular complexity index is 498. The van der Waals surface area contributed by atoms with E-state index in [0.717, 1.165) is 38.8 Å². The molecule has 0 bridgehead atoms. The van der Waals surface area contributed by atoms with Gasteiger partial charge < -0.3 is 10.0 Å². The average Bonchev–Trinajstić information content (AvgIpc) is 2.96. The molecule has 1 saturated heterocycles. The second-order valence-electron chi connectivity index (χ2n) is 6.28. The number of likely N-dealkylation sites (tertiary alicyclic amines) is 1. The van der Waals surface area contributed by atoms with Gasteiger partial charge in [-0.1, -0.05) is 24.3 Å². The van der Waals surface area contributed by atoms with Crippen molar-refractivity contribution < 1.29 is 9.90 Å². The highest BCUT2D eigenvalue weighted by atomic mass is 16.3. The number of benzene rings is 1. The lowest BCUT2D eigenvalue weighted by Crippen LogP contribution is -2.37. The Hall–Kier alpha value is -1.35.